The summed E-state index contributed by atoms with van der Waals surface area (Å²) in [6.45, 7) is 1.98. The lowest BCUT2D eigenvalue weighted by Gasteiger charge is -2.28. The Labute approximate surface area is 78.7 Å². The first kappa shape index (κ1) is 12.8. The van der Waals surface area contributed by atoms with Crippen LogP contribution >= 0.6 is 0 Å². The molecule has 0 spiro atoms. The number of ether oxygens (including phenoxy) is 2. The number of methoxy groups -OCH3 is 2. The van der Waals surface area contributed by atoms with E-state index in [1.54, 1.807) is 14.2 Å². The highest BCUT2D eigenvalue weighted by atomic mass is 16.5. The van der Waals surface area contributed by atoms with Gasteiger partial charge in [-0.05, 0) is 6.92 Å². The zero-order valence-corrected chi connectivity index (χ0v) is 8.41. The van der Waals surface area contributed by atoms with Gasteiger partial charge < -0.3 is 19.7 Å². The maximum atomic E-state index is 9.47. The summed E-state index contributed by atoms with van der Waals surface area (Å²) in [5, 5.41) is 21.1. The molecule has 5 heteroatoms. The average Bonchev–Trinajstić information content (AvgIpc) is 2.05. The molecule has 0 saturated carbocycles. The minimum absolute atomic E-state index is 0.128. The predicted molar refractivity (Wildman–Crippen MR) is 48.4 cm³/mol. The molecule has 0 aliphatic carbocycles. The molecular weight excluding hydrogens is 174 g/mol. The van der Waals surface area contributed by atoms with E-state index in [9.17, 15) is 5.11 Å². The largest absolute Gasteiger partial charge is 0.392 e. The van der Waals surface area contributed by atoms with Crippen LogP contribution in [0.25, 0.3) is 0 Å². The summed E-state index contributed by atoms with van der Waals surface area (Å²) in [4.78, 5) is 0. The molecule has 5 nitrogen and oxygen atoms in total. The van der Waals surface area contributed by atoms with Crippen molar-refractivity contribution in [3.8, 4) is 0 Å². The first-order valence-corrected chi connectivity index (χ1v) is 4.14. The topological polar surface area (TPSA) is 71.0 Å². The summed E-state index contributed by atoms with van der Waals surface area (Å²) in [5.41, 5.74) is -1.29. The fourth-order valence-electron chi connectivity index (χ4n) is 1.02. The third kappa shape index (κ3) is 5.95. The first-order valence-electron chi connectivity index (χ1n) is 4.14. The average molecular weight is 193 g/mol. The lowest BCUT2D eigenvalue weighted by Crippen LogP contribution is -2.53. The number of aliphatic hydroxyl groups is 2. The molecule has 0 aromatic heterocycles. The third-order valence-corrected chi connectivity index (χ3v) is 1.56. The highest BCUT2D eigenvalue weighted by Crippen LogP contribution is 1.99. The second-order valence-electron chi connectivity index (χ2n) is 3.18. The quantitative estimate of drug-likeness (QED) is 0.449. The summed E-state index contributed by atoms with van der Waals surface area (Å²) in [6, 6.07) is -0.128. The monoisotopic (exact) mass is 193 g/mol. The standard InChI is InChI=1S/C8H19NO4/c1-8(11,6-10)9-7(4-12-2)5-13-3/h7,9-11H,4-6H2,1-3H3. The van der Waals surface area contributed by atoms with Gasteiger partial charge in [-0.2, -0.15) is 0 Å². The molecule has 0 aliphatic rings. The van der Waals surface area contributed by atoms with Crippen LogP contribution in [0.4, 0.5) is 0 Å². The number of hydrogen-bond acceptors (Lipinski definition) is 5. The van der Waals surface area contributed by atoms with Crippen molar-refractivity contribution in [3.63, 3.8) is 0 Å². The van der Waals surface area contributed by atoms with Gasteiger partial charge in [-0.25, -0.2) is 0 Å². The van der Waals surface area contributed by atoms with Gasteiger partial charge in [0.05, 0.1) is 25.9 Å². The van der Waals surface area contributed by atoms with Gasteiger partial charge in [-0.1, -0.05) is 0 Å². The minimum atomic E-state index is -1.29. The normalized spacial score (nSPS) is 16.2. The highest BCUT2D eigenvalue weighted by Gasteiger charge is 2.22. The second kappa shape index (κ2) is 6.28. The Morgan fingerprint density at radius 2 is 1.77 bits per heavy atom. The predicted octanol–water partition coefficient (Wildman–Crippen LogP) is -1.06. The molecule has 0 fully saturated rings. The Morgan fingerprint density at radius 3 is 2.08 bits per heavy atom. The molecule has 0 aromatic rings. The Morgan fingerprint density at radius 1 is 1.31 bits per heavy atom. The van der Waals surface area contributed by atoms with Crippen molar-refractivity contribution in [3.05, 3.63) is 0 Å². The van der Waals surface area contributed by atoms with E-state index in [-0.39, 0.29) is 12.6 Å². The van der Waals surface area contributed by atoms with Gasteiger partial charge in [0.25, 0.3) is 0 Å². The Kier molecular flexibility index (Phi) is 6.19. The van der Waals surface area contributed by atoms with Crippen LogP contribution in [0, 0.1) is 0 Å². The van der Waals surface area contributed by atoms with Crippen LogP contribution in [0.1, 0.15) is 6.92 Å². The van der Waals surface area contributed by atoms with Crippen molar-refractivity contribution >= 4 is 0 Å². The molecule has 0 amide bonds. The van der Waals surface area contributed by atoms with Crippen LogP contribution in [0.3, 0.4) is 0 Å². The number of nitrogens with one attached hydrogen (secondary N) is 1. The fourth-order valence-corrected chi connectivity index (χ4v) is 1.02. The molecule has 0 radical (unpaired) electrons. The molecule has 0 bridgehead atoms. The van der Waals surface area contributed by atoms with Gasteiger partial charge in [0.1, 0.15) is 5.72 Å². The van der Waals surface area contributed by atoms with Crippen LogP contribution in [-0.4, -0.2) is 56.0 Å². The molecule has 0 saturated heterocycles. The summed E-state index contributed by atoms with van der Waals surface area (Å²) in [5.74, 6) is 0. The molecular formula is C8H19NO4. The molecule has 13 heavy (non-hydrogen) atoms. The van der Waals surface area contributed by atoms with Crippen molar-refractivity contribution in [1.82, 2.24) is 5.32 Å². The van der Waals surface area contributed by atoms with Gasteiger partial charge in [0.15, 0.2) is 0 Å². The molecule has 3 N–H and O–H groups in total. The van der Waals surface area contributed by atoms with Gasteiger partial charge >= 0.3 is 0 Å². The fraction of sp³-hybridized carbons (Fsp3) is 1.00. The summed E-state index contributed by atoms with van der Waals surface area (Å²) in [6.07, 6.45) is 0. The SMILES string of the molecule is COCC(COC)NC(C)(O)CO. The van der Waals surface area contributed by atoms with Crippen molar-refractivity contribution in [2.75, 3.05) is 34.0 Å². The summed E-state index contributed by atoms with van der Waals surface area (Å²) in [7, 11) is 3.13. The zero-order chi connectivity index (χ0) is 10.3. The Hall–Kier alpha value is -0.200. The summed E-state index contributed by atoms with van der Waals surface area (Å²) >= 11 is 0. The van der Waals surface area contributed by atoms with Crippen molar-refractivity contribution < 1.29 is 19.7 Å². The maximum Gasteiger partial charge on any atom is 0.136 e. The van der Waals surface area contributed by atoms with E-state index in [0.29, 0.717) is 13.2 Å². The van der Waals surface area contributed by atoms with Gasteiger partial charge in [-0.3, -0.25) is 5.32 Å². The lowest BCUT2D eigenvalue weighted by molar-refractivity contribution is -0.0507. The van der Waals surface area contributed by atoms with Crippen LogP contribution < -0.4 is 5.32 Å². The molecule has 80 valence electrons. The third-order valence-electron chi connectivity index (χ3n) is 1.56. The Balaban J connectivity index is 3.92. The van der Waals surface area contributed by atoms with E-state index < -0.39 is 5.72 Å². The number of hydrogen-bond donors (Lipinski definition) is 3. The second-order valence-corrected chi connectivity index (χ2v) is 3.18. The van der Waals surface area contributed by atoms with E-state index in [1.165, 1.54) is 6.92 Å². The van der Waals surface area contributed by atoms with E-state index in [2.05, 4.69) is 5.32 Å². The van der Waals surface area contributed by atoms with E-state index in [4.69, 9.17) is 14.6 Å². The van der Waals surface area contributed by atoms with Crippen LogP contribution in [-0.2, 0) is 9.47 Å². The van der Waals surface area contributed by atoms with Crippen molar-refractivity contribution in [1.29, 1.82) is 0 Å². The van der Waals surface area contributed by atoms with Crippen molar-refractivity contribution in [2.45, 2.75) is 18.7 Å². The highest BCUT2D eigenvalue weighted by molar-refractivity contribution is 4.75. The van der Waals surface area contributed by atoms with Crippen LogP contribution in [0.15, 0.2) is 0 Å². The molecule has 1 unspecified atom stereocenters. The first-order chi connectivity index (χ1) is 6.05. The van der Waals surface area contributed by atoms with Gasteiger partial charge in [0, 0.05) is 14.2 Å². The smallest absolute Gasteiger partial charge is 0.136 e. The molecule has 0 rings (SSSR count). The lowest BCUT2D eigenvalue weighted by atomic mass is 10.2. The van der Waals surface area contributed by atoms with E-state index in [1.807, 2.05) is 0 Å². The van der Waals surface area contributed by atoms with E-state index in [0.717, 1.165) is 0 Å². The molecule has 0 heterocycles. The maximum absolute atomic E-state index is 9.47. The van der Waals surface area contributed by atoms with Crippen LogP contribution in [0.5, 0.6) is 0 Å². The summed E-state index contributed by atoms with van der Waals surface area (Å²) < 4.78 is 9.82. The van der Waals surface area contributed by atoms with Gasteiger partial charge in [0.2, 0.25) is 0 Å². The minimum Gasteiger partial charge on any atom is -0.392 e. The molecule has 0 aliphatic heterocycles. The Bertz CT molecular complexity index is 123. The van der Waals surface area contributed by atoms with Gasteiger partial charge in [-0.15, -0.1) is 0 Å². The van der Waals surface area contributed by atoms with Crippen molar-refractivity contribution in [2.24, 2.45) is 0 Å². The molecule has 1 atom stereocenters. The van der Waals surface area contributed by atoms with Crippen LogP contribution in [0.2, 0.25) is 0 Å². The number of aliphatic hydroxyl groups excluding tert-OH is 1. The number of rotatable bonds is 7. The van der Waals surface area contributed by atoms with E-state index >= 15 is 0 Å². The molecule has 0 aromatic carbocycles. The zero-order valence-electron chi connectivity index (χ0n) is 8.41.